The first-order valence-electron chi connectivity index (χ1n) is 3.78. The minimum Gasteiger partial charge on any atom is -0.366 e. The smallest absolute Gasteiger partial charge is 0.250 e. The zero-order chi connectivity index (χ0) is 9.84. The first-order valence-corrected chi connectivity index (χ1v) is 3.78. The highest BCUT2D eigenvalue weighted by atomic mass is 16.1. The Morgan fingerprint density at radius 3 is 2.85 bits per heavy atom. The molecular formula is C9H11N3O. The Balaban J connectivity index is 3.04. The largest absolute Gasteiger partial charge is 0.366 e. The number of hydrogen-bond donors (Lipinski definition) is 2. The van der Waals surface area contributed by atoms with Gasteiger partial charge in [0.2, 0.25) is 5.91 Å². The van der Waals surface area contributed by atoms with Crippen LogP contribution >= 0.6 is 0 Å². The van der Waals surface area contributed by atoms with Crippen molar-refractivity contribution >= 4 is 5.91 Å². The van der Waals surface area contributed by atoms with E-state index in [1.165, 1.54) is 6.20 Å². The number of nitrogens with zero attached hydrogens (tertiary/aromatic N) is 1. The van der Waals surface area contributed by atoms with Gasteiger partial charge in [-0.15, -0.1) is 6.58 Å². The summed E-state index contributed by atoms with van der Waals surface area (Å²) in [4.78, 5) is 14.6. The number of nitrogens with two attached hydrogens (primary N) is 2. The van der Waals surface area contributed by atoms with E-state index in [-0.39, 0.29) is 6.04 Å². The molecule has 4 N–H and O–H groups in total. The fraction of sp³-hybridized carbons (Fsp3) is 0.111. The van der Waals surface area contributed by atoms with E-state index in [4.69, 9.17) is 11.5 Å². The maximum atomic E-state index is 10.8. The van der Waals surface area contributed by atoms with E-state index >= 15 is 0 Å². The molecule has 1 aromatic heterocycles. The minimum absolute atomic E-state index is 0.313. The van der Waals surface area contributed by atoms with Crippen LogP contribution in [0.15, 0.2) is 31.1 Å². The first kappa shape index (κ1) is 9.41. The van der Waals surface area contributed by atoms with E-state index in [1.54, 1.807) is 18.3 Å². The first-order chi connectivity index (χ1) is 6.15. The Kier molecular flexibility index (Phi) is 2.76. The molecule has 0 saturated heterocycles. The summed E-state index contributed by atoms with van der Waals surface area (Å²) in [6, 6.07) is 1.30. The van der Waals surface area contributed by atoms with Crippen LogP contribution in [0.2, 0.25) is 0 Å². The van der Waals surface area contributed by atoms with E-state index in [9.17, 15) is 4.79 Å². The molecule has 0 aliphatic rings. The van der Waals surface area contributed by atoms with E-state index in [0.717, 1.165) is 5.56 Å². The summed E-state index contributed by atoms with van der Waals surface area (Å²) in [6.07, 6.45) is 4.56. The molecule has 68 valence electrons. The molecule has 1 atom stereocenters. The minimum atomic E-state index is -0.509. The van der Waals surface area contributed by atoms with E-state index in [0.29, 0.717) is 5.56 Å². The summed E-state index contributed by atoms with van der Waals surface area (Å²) in [5.74, 6) is -0.509. The van der Waals surface area contributed by atoms with Crippen LogP contribution < -0.4 is 11.5 Å². The molecule has 0 aliphatic carbocycles. The van der Waals surface area contributed by atoms with Crippen molar-refractivity contribution in [3.05, 3.63) is 42.2 Å². The molecule has 0 aliphatic heterocycles. The average molecular weight is 177 g/mol. The number of hydrogen-bond acceptors (Lipinski definition) is 3. The molecule has 0 saturated carbocycles. The van der Waals surface area contributed by atoms with Crippen LogP contribution in [0.1, 0.15) is 22.0 Å². The lowest BCUT2D eigenvalue weighted by Gasteiger charge is -2.05. The molecule has 0 spiro atoms. The normalized spacial score (nSPS) is 12.1. The van der Waals surface area contributed by atoms with Gasteiger partial charge in [-0.2, -0.15) is 0 Å². The molecule has 0 fully saturated rings. The van der Waals surface area contributed by atoms with Crippen molar-refractivity contribution < 1.29 is 4.79 Å². The van der Waals surface area contributed by atoms with Gasteiger partial charge >= 0.3 is 0 Å². The van der Waals surface area contributed by atoms with Crippen molar-refractivity contribution in [2.45, 2.75) is 6.04 Å². The molecule has 0 radical (unpaired) electrons. The number of rotatable bonds is 3. The van der Waals surface area contributed by atoms with Crippen LogP contribution in [0, 0.1) is 0 Å². The maximum Gasteiger partial charge on any atom is 0.250 e. The van der Waals surface area contributed by atoms with Gasteiger partial charge in [0, 0.05) is 18.4 Å². The fourth-order valence-electron chi connectivity index (χ4n) is 0.911. The summed E-state index contributed by atoms with van der Waals surface area (Å²) in [6.45, 7) is 3.54. The number of primary amides is 1. The molecule has 0 bridgehead atoms. The zero-order valence-corrected chi connectivity index (χ0v) is 7.10. The van der Waals surface area contributed by atoms with Crippen molar-refractivity contribution in [3.8, 4) is 0 Å². The van der Waals surface area contributed by atoms with Gasteiger partial charge in [0.25, 0.3) is 0 Å². The Morgan fingerprint density at radius 2 is 2.31 bits per heavy atom. The Labute approximate surface area is 76.3 Å². The van der Waals surface area contributed by atoms with Gasteiger partial charge in [0.05, 0.1) is 5.56 Å². The summed E-state index contributed by atoms with van der Waals surface area (Å²) in [5.41, 5.74) is 11.8. The molecular weight excluding hydrogens is 166 g/mol. The number of carbonyl (C=O) groups excluding carboxylic acids is 1. The van der Waals surface area contributed by atoms with Crippen molar-refractivity contribution in [1.82, 2.24) is 4.98 Å². The Hall–Kier alpha value is -1.68. The third-order valence-electron chi connectivity index (χ3n) is 1.68. The maximum absolute atomic E-state index is 10.8. The van der Waals surface area contributed by atoms with Crippen LogP contribution in [0.25, 0.3) is 0 Å². The number of aromatic nitrogens is 1. The van der Waals surface area contributed by atoms with E-state index < -0.39 is 5.91 Å². The predicted octanol–water partition coefficient (Wildman–Crippen LogP) is 0.366. The van der Waals surface area contributed by atoms with Gasteiger partial charge in [0.1, 0.15) is 0 Å². The second kappa shape index (κ2) is 3.82. The predicted molar refractivity (Wildman–Crippen MR) is 49.9 cm³/mol. The van der Waals surface area contributed by atoms with Crippen LogP contribution in [0.3, 0.4) is 0 Å². The van der Waals surface area contributed by atoms with Crippen LogP contribution in [0.4, 0.5) is 0 Å². The van der Waals surface area contributed by atoms with Crippen LogP contribution in [-0.2, 0) is 0 Å². The molecule has 13 heavy (non-hydrogen) atoms. The summed E-state index contributed by atoms with van der Waals surface area (Å²) < 4.78 is 0. The van der Waals surface area contributed by atoms with Gasteiger partial charge in [-0.25, -0.2) is 0 Å². The van der Waals surface area contributed by atoms with Gasteiger partial charge < -0.3 is 11.5 Å². The monoisotopic (exact) mass is 177 g/mol. The Morgan fingerprint density at radius 1 is 1.62 bits per heavy atom. The van der Waals surface area contributed by atoms with Gasteiger partial charge in [-0.3, -0.25) is 9.78 Å². The third kappa shape index (κ3) is 2.13. The van der Waals surface area contributed by atoms with E-state index in [2.05, 4.69) is 11.6 Å². The molecule has 1 aromatic rings. The van der Waals surface area contributed by atoms with Crippen molar-refractivity contribution in [1.29, 1.82) is 0 Å². The van der Waals surface area contributed by atoms with Crippen LogP contribution in [0.5, 0.6) is 0 Å². The lowest BCUT2D eigenvalue weighted by Crippen LogP contribution is -2.13. The second-order valence-corrected chi connectivity index (χ2v) is 2.63. The summed E-state index contributed by atoms with van der Waals surface area (Å²) >= 11 is 0. The third-order valence-corrected chi connectivity index (χ3v) is 1.68. The van der Waals surface area contributed by atoms with Gasteiger partial charge in [0.15, 0.2) is 0 Å². The van der Waals surface area contributed by atoms with E-state index in [1.807, 2.05) is 0 Å². The van der Waals surface area contributed by atoms with Crippen molar-refractivity contribution in [2.75, 3.05) is 0 Å². The van der Waals surface area contributed by atoms with Gasteiger partial charge in [-0.1, -0.05) is 6.08 Å². The average Bonchev–Trinajstić information content (AvgIpc) is 2.17. The van der Waals surface area contributed by atoms with Gasteiger partial charge in [-0.05, 0) is 11.6 Å². The highest BCUT2D eigenvalue weighted by Gasteiger charge is 2.05. The zero-order valence-electron chi connectivity index (χ0n) is 7.10. The van der Waals surface area contributed by atoms with Crippen molar-refractivity contribution in [3.63, 3.8) is 0 Å². The summed E-state index contributed by atoms with van der Waals surface area (Å²) in [7, 11) is 0. The lowest BCUT2D eigenvalue weighted by molar-refractivity contribution is 0.1000. The quantitative estimate of drug-likeness (QED) is 0.654. The second-order valence-electron chi connectivity index (χ2n) is 2.63. The highest BCUT2D eigenvalue weighted by molar-refractivity contribution is 5.92. The standard InChI is InChI=1S/C9H11N3O/c1-2-8(10)6-3-7(9(11)13)5-12-4-6/h2-5,8H,1,10H2,(H2,11,13). The van der Waals surface area contributed by atoms with Crippen molar-refractivity contribution in [2.24, 2.45) is 11.5 Å². The highest BCUT2D eigenvalue weighted by Crippen LogP contribution is 2.10. The number of pyridine rings is 1. The molecule has 1 amide bonds. The number of amides is 1. The number of carbonyl (C=O) groups is 1. The topological polar surface area (TPSA) is 82.0 Å². The molecule has 1 unspecified atom stereocenters. The molecule has 4 heteroatoms. The Bertz CT molecular complexity index is 335. The summed E-state index contributed by atoms with van der Waals surface area (Å²) in [5, 5.41) is 0. The SMILES string of the molecule is C=CC(N)c1cncc(C(N)=O)c1. The van der Waals surface area contributed by atoms with Crippen LogP contribution in [-0.4, -0.2) is 10.9 Å². The molecule has 0 aromatic carbocycles. The molecule has 4 nitrogen and oxygen atoms in total. The lowest BCUT2D eigenvalue weighted by atomic mass is 10.1. The molecule has 1 rings (SSSR count). The fourth-order valence-corrected chi connectivity index (χ4v) is 0.911. The molecule has 1 heterocycles.